The lowest BCUT2D eigenvalue weighted by atomic mass is 10.0. The molecule has 1 unspecified atom stereocenters. The first-order chi connectivity index (χ1) is 15.8. The number of carbonyl (C=O) groups excluding carboxylic acids is 1. The van der Waals surface area contributed by atoms with Gasteiger partial charge in [0.2, 0.25) is 5.91 Å². The van der Waals surface area contributed by atoms with E-state index in [1.54, 1.807) is 36.4 Å². The highest BCUT2D eigenvalue weighted by Gasteiger charge is 2.27. The number of amides is 1. The molecule has 0 heterocycles. The molecule has 174 valence electrons. The molecule has 0 spiro atoms. The van der Waals surface area contributed by atoms with Gasteiger partial charge in [-0.2, -0.15) is 0 Å². The third-order valence-corrected chi connectivity index (χ3v) is 7.42. The van der Waals surface area contributed by atoms with Crippen molar-refractivity contribution in [2.45, 2.75) is 24.7 Å². The molecule has 6 nitrogen and oxygen atoms in total. The number of halogens is 1. The van der Waals surface area contributed by atoms with Crippen molar-refractivity contribution in [3.63, 3.8) is 0 Å². The molecule has 0 aliphatic carbocycles. The van der Waals surface area contributed by atoms with Crippen molar-refractivity contribution in [1.29, 1.82) is 0 Å². The van der Waals surface area contributed by atoms with E-state index in [-0.39, 0.29) is 23.3 Å². The van der Waals surface area contributed by atoms with Crippen LogP contribution in [-0.4, -0.2) is 34.0 Å². The van der Waals surface area contributed by atoms with E-state index in [4.69, 9.17) is 4.74 Å². The SMILES string of the molecule is CCOc1ccc(N(CC(=O)NCC(C)c2ccccc2)S(=O)(=O)c2ccc(Br)cc2)cc1. The molecule has 3 rings (SSSR count). The topological polar surface area (TPSA) is 75.7 Å². The summed E-state index contributed by atoms with van der Waals surface area (Å²) in [5.74, 6) is 0.341. The summed E-state index contributed by atoms with van der Waals surface area (Å²) in [7, 11) is -3.97. The Hall–Kier alpha value is -2.84. The summed E-state index contributed by atoms with van der Waals surface area (Å²) < 4.78 is 34.2. The van der Waals surface area contributed by atoms with E-state index in [2.05, 4.69) is 21.2 Å². The van der Waals surface area contributed by atoms with Crippen LogP contribution >= 0.6 is 15.9 Å². The largest absolute Gasteiger partial charge is 0.494 e. The quantitative estimate of drug-likeness (QED) is 0.401. The van der Waals surface area contributed by atoms with E-state index < -0.39 is 10.0 Å². The fourth-order valence-electron chi connectivity index (χ4n) is 3.28. The second kappa shape index (κ2) is 11.3. The van der Waals surface area contributed by atoms with Crippen LogP contribution in [0.4, 0.5) is 5.69 Å². The van der Waals surface area contributed by atoms with Gasteiger partial charge in [0.15, 0.2) is 0 Å². The fourth-order valence-corrected chi connectivity index (χ4v) is 4.96. The predicted molar refractivity (Wildman–Crippen MR) is 134 cm³/mol. The van der Waals surface area contributed by atoms with Gasteiger partial charge in [-0.15, -0.1) is 0 Å². The van der Waals surface area contributed by atoms with Gasteiger partial charge in [-0.1, -0.05) is 53.2 Å². The molecule has 0 radical (unpaired) electrons. The molecular weight excluding hydrogens is 504 g/mol. The Kier molecular flexibility index (Phi) is 8.52. The van der Waals surface area contributed by atoms with E-state index in [9.17, 15) is 13.2 Å². The van der Waals surface area contributed by atoms with E-state index in [1.807, 2.05) is 44.2 Å². The lowest BCUT2D eigenvalue weighted by Gasteiger charge is -2.25. The number of carbonyl (C=O) groups is 1. The second-order valence-electron chi connectivity index (χ2n) is 7.51. The summed E-state index contributed by atoms with van der Waals surface area (Å²) in [5.41, 5.74) is 1.48. The standard InChI is InChI=1S/C25H27BrN2O4S/c1-3-32-23-13-11-22(12-14-23)28(33(30,31)24-15-9-21(26)10-16-24)18-25(29)27-17-19(2)20-7-5-4-6-8-20/h4-16,19H,3,17-18H2,1-2H3,(H,27,29). The molecule has 0 saturated heterocycles. The first kappa shape index (κ1) is 24.8. The normalized spacial score (nSPS) is 12.1. The summed E-state index contributed by atoms with van der Waals surface area (Å²) >= 11 is 3.32. The Bertz CT molecular complexity index is 1150. The molecular formula is C25H27BrN2O4S. The minimum Gasteiger partial charge on any atom is -0.494 e. The van der Waals surface area contributed by atoms with Crippen LogP contribution in [-0.2, 0) is 14.8 Å². The lowest BCUT2D eigenvalue weighted by Crippen LogP contribution is -2.41. The highest BCUT2D eigenvalue weighted by Crippen LogP contribution is 2.26. The highest BCUT2D eigenvalue weighted by molar-refractivity contribution is 9.10. The predicted octanol–water partition coefficient (Wildman–Crippen LogP) is 4.96. The van der Waals surface area contributed by atoms with Crippen LogP contribution in [0.15, 0.2) is 88.2 Å². The maximum Gasteiger partial charge on any atom is 0.264 e. The molecule has 1 N–H and O–H groups in total. The zero-order chi connectivity index (χ0) is 23.8. The molecule has 0 bridgehead atoms. The Labute approximate surface area is 203 Å². The number of rotatable bonds is 10. The van der Waals surface area contributed by atoms with Crippen LogP contribution in [0.2, 0.25) is 0 Å². The molecule has 3 aromatic carbocycles. The monoisotopic (exact) mass is 530 g/mol. The average Bonchev–Trinajstić information content (AvgIpc) is 2.82. The van der Waals surface area contributed by atoms with E-state index in [0.29, 0.717) is 24.6 Å². The van der Waals surface area contributed by atoms with Gasteiger partial charge in [-0.3, -0.25) is 9.10 Å². The van der Waals surface area contributed by atoms with Gasteiger partial charge in [0, 0.05) is 11.0 Å². The van der Waals surface area contributed by atoms with Crippen LogP contribution in [0.1, 0.15) is 25.3 Å². The van der Waals surface area contributed by atoms with Gasteiger partial charge in [0.25, 0.3) is 10.0 Å². The van der Waals surface area contributed by atoms with Gasteiger partial charge in [0.05, 0.1) is 17.2 Å². The third-order valence-electron chi connectivity index (χ3n) is 5.10. The number of anilines is 1. The Morgan fingerprint density at radius 3 is 2.24 bits per heavy atom. The fraction of sp³-hybridized carbons (Fsp3) is 0.240. The summed E-state index contributed by atoms with van der Waals surface area (Å²) in [5, 5.41) is 2.87. The molecule has 1 atom stereocenters. The van der Waals surface area contributed by atoms with Crippen molar-refractivity contribution in [3.05, 3.63) is 88.9 Å². The van der Waals surface area contributed by atoms with Crippen molar-refractivity contribution >= 4 is 37.5 Å². The third kappa shape index (κ3) is 6.58. The van der Waals surface area contributed by atoms with Crippen molar-refractivity contribution in [2.75, 3.05) is 24.0 Å². The van der Waals surface area contributed by atoms with E-state index in [0.717, 1.165) is 14.3 Å². The number of nitrogens with one attached hydrogen (secondary N) is 1. The van der Waals surface area contributed by atoms with Gasteiger partial charge in [-0.25, -0.2) is 8.42 Å². The number of hydrogen-bond acceptors (Lipinski definition) is 4. The summed E-state index contributed by atoms with van der Waals surface area (Å²) in [6.07, 6.45) is 0. The summed E-state index contributed by atoms with van der Waals surface area (Å²) in [6.45, 7) is 4.45. The van der Waals surface area contributed by atoms with Gasteiger partial charge >= 0.3 is 0 Å². The Morgan fingerprint density at radius 2 is 1.64 bits per heavy atom. The number of hydrogen-bond donors (Lipinski definition) is 1. The molecule has 1 amide bonds. The minimum absolute atomic E-state index is 0.0946. The maximum absolute atomic E-state index is 13.4. The maximum atomic E-state index is 13.4. The van der Waals surface area contributed by atoms with Gasteiger partial charge < -0.3 is 10.1 Å². The van der Waals surface area contributed by atoms with Gasteiger partial charge in [-0.05, 0) is 66.9 Å². The summed E-state index contributed by atoms with van der Waals surface area (Å²) in [4.78, 5) is 12.9. The number of sulfonamides is 1. The van der Waals surface area contributed by atoms with Crippen molar-refractivity contribution in [3.8, 4) is 5.75 Å². The zero-order valence-corrected chi connectivity index (χ0v) is 21.0. The lowest BCUT2D eigenvalue weighted by molar-refractivity contribution is -0.119. The molecule has 8 heteroatoms. The molecule has 0 fully saturated rings. The molecule has 0 aliphatic heterocycles. The van der Waals surface area contributed by atoms with Crippen molar-refractivity contribution in [1.82, 2.24) is 5.32 Å². The number of benzene rings is 3. The van der Waals surface area contributed by atoms with Crippen LogP contribution in [0.5, 0.6) is 5.75 Å². The number of nitrogens with zero attached hydrogens (tertiary/aromatic N) is 1. The first-order valence-electron chi connectivity index (χ1n) is 10.6. The first-order valence-corrected chi connectivity index (χ1v) is 12.9. The van der Waals surface area contributed by atoms with Crippen LogP contribution < -0.4 is 14.4 Å². The second-order valence-corrected chi connectivity index (χ2v) is 10.3. The summed E-state index contributed by atoms with van der Waals surface area (Å²) in [6, 6.07) is 22.8. The molecule has 0 aliphatic rings. The number of ether oxygens (including phenoxy) is 1. The van der Waals surface area contributed by atoms with Crippen LogP contribution in [0.25, 0.3) is 0 Å². The van der Waals surface area contributed by atoms with Crippen molar-refractivity contribution in [2.24, 2.45) is 0 Å². The molecule has 0 saturated carbocycles. The smallest absolute Gasteiger partial charge is 0.264 e. The van der Waals surface area contributed by atoms with Crippen molar-refractivity contribution < 1.29 is 17.9 Å². The molecule has 3 aromatic rings. The van der Waals surface area contributed by atoms with Crippen LogP contribution in [0, 0.1) is 0 Å². The minimum atomic E-state index is -3.97. The van der Waals surface area contributed by atoms with Crippen LogP contribution in [0.3, 0.4) is 0 Å². The Balaban J connectivity index is 1.82. The Morgan fingerprint density at radius 1 is 1.00 bits per heavy atom. The zero-order valence-electron chi connectivity index (χ0n) is 18.6. The molecule has 0 aromatic heterocycles. The van der Waals surface area contributed by atoms with Gasteiger partial charge in [0.1, 0.15) is 12.3 Å². The van der Waals surface area contributed by atoms with E-state index in [1.165, 1.54) is 12.1 Å². The average molecular weight is 531 g/mol. The molecule has 33 heavy (non-hydrogen) atoms. The highest BCUT2D eigenvalue weighted by atomic mass is 79.9. The van der Waals surface area contributed by atoms with E-state index >= 15 is 0 Å².